The molecular weight excluding hydrogens is 400 g/mol. The average molecular weight is 425 g/mol. The van der Waals surface area contributed by atoms with Crippen LogP contribution >= 0.6 is 24.0 Å². The monoisotopic (exact) mass is 424 g/mol. The molecule has 7 nitrogen and oxygen atoms in total. The molecule has 0 spiro atoms. The smallest absolute Gasteiger partial charge is 0.266 e. The quantitative estimate of drug-likeness (QED) is 0.481. The van der Waals surface area contributed by atoms with Crippen LogP contribution in [-0.2, 0) is 9.59 Å². The number of carbonyl (C=O) groups is 2. The first-order chi connectivity index (χ1) is 13.4. The van der Waals surface area contributed by atoms with E-state index in [0.717, 1.165) is 5.56 Å². The minimum Gasteiger partial charge on any atom is -0.493 e. The Kier molecular flexibility index (Phi) is 8.28. The highest BCUT2D eigenvalue weighted by molar-refractivity contribution is 8.26. The fourth-order valence-corrected chi connectivity index (χ4v) is 4.04. The van der Waals surface area contributed by atoms with Crippen LogP contribution in [0.4, 0.5) is 0 Å². The molecule has 0 unspecified atom stereocenters. The van der Waals surface area contributed by atoms with Crippen LogP contribution in [0.15, 0.2) is 23.1 Å². The molecule has 0 atom stereocenters. The number of amides is 2. The van der Waals surface area contributed by atoms with Crippen molar-refractivity contribution in [3.05, 3.63) is 28.7 Å². The summed E-state index contributed by atoms with van der Waals surface area (Å²) in [7, 11) is 3.11. The fourth-order valence-electron chi connectivity index (χ4n) is 2.73. The van der Waals surface area contributed by atoms with Gasteiger partial charge < -0.3 is 19.5 Å². The number of likely N-dealkylation sites (N-methyl/N-ethyl adjacent to an activating group) is 1. The van der Waals surface area contributed by atoms with Crippen LogP contribution in [0.2, 0.25) is 0 Å². The van der Waals surface area contributed by atoms with Gasteiger partial charge in [0.1, 0.15) is 4.32 Å². The molecule has 2 amide bonds. The number of benzene rings is 1. The summed E-state index contributed by atoms with van der Waals surface area (Å²) >= 11 is 6.52. The summed E-state index contributed by atoms with van der Waals surface area (Å²) in [6.45, 7) is 2.77. The molecule has 9 heteroatoms. The summed E-state index contributed by atoms with van der Waals surface area (Å²) in [5.74, 6) is 0.840. The molecule has 2 rings (SSSR count). The molecule has 28 heavy (non-hydrogen) atoms. The van der Waals surface area contributed by atoms with Gasteiger partial charge in [-0.05, 0) is 30.7 Å². The number of methoxy groups -OCH3 is 2. The lowest BCUT2D eigenvalue weighted by Crippen LogP contribution is -2.37. The molecule has 1 aliphatic heterocycles. The van der Waals surface area contributed by atoms with Crippen LogP contribution < -0.4 is 9.47 Å². The summed E-state index contributed by atoms with van der Waals surface area (Å²) in [4.78, 5) is 28.4. The second kappa shape index (κ2) is 10.4. The summed E-state index contributed by atoms with van der Waals surface area (Å²) in [6.07, 6.45) is 1.90. The zero-order valence-electron chi connectivity index (χ0n) is 16.1. The van der Waals surface area contributed by atoms with Gasteiger partial charge in [0.05, 0.1) is 25.7 Å². The van der Waals surface area contributed by atoms with Crippen LogP contribution in [0.5, 0.6) is 11.5 Å². The second-order valence-electron chi connectivity index (χ2n) is 5.89. The lowest BCUT2D eigenvalue weighted by molar-refractivity contribution is -0.132. The van der Waals surface area contributed by atoms with E-state index >= 15 is 0 Å². The molecule has 0 aromatic heterocycles. The lowest BCUT2D eigenvalue weighted by Gasteiger charge is -2.21. The number of ether oxygens (including phenoxy) is 2. The van der Waals surface area contributed by atoms with Gasteiger partial charge in [0.25, 0.3) is 5.91 Å². The van der Waals surface area contributed by atoms with Crippen LogP contribution in [0.3, 0.4) is 0 Å². The number of rotatable bonds is 9. The number of hydrogen-bond donors (Lipinski definition) is 1. The molecule has 0 saturated carbocycles. The SMILES string of the molecule is CCN(CCO)C(=O)CCN1C(=O)/C(=C/c2ccc(OC)c(OC)c2)SC1=S. The lowest BCUT2D eigenvalue weighted by atomic mass is 10.2. The zero-order chi connectivity index (χ0) is 20.7. The van der Waals surface area contributed by atoms with Gasteiger partial charge in [0.2, 0.25) is 5.91 Å². The van der Waals surface area contributed by atoms with E-state index in [2.05, 4.69) is 0 Å². The molecule has 152 valence electrons. The molecule has 1 aromatic carbocycles. The second-order valence-corrected chi connectivity index (χ2v) is 7.57. The van der Waals surface area contributed by atoms with Crippen LogP contribution in [0.1, 0.15) is 18.9 Å². The summed E-state index contributed by atoms with van der Waals surface area (Å²) in [6, 6.07) is 5.37. The number of aliphatic hydroxyl groups is 1. The van der Waals surface area contributed by atoms with Crippen molar-refractivity contribution < 1.29 is 24.2 Å². The Morgan fingerprint density at radius 2 is 2.04 bits per heavy atom. The highest BCUT2D eigenvalue weighted by Gasteiger charge is 2.32. The average Bonchev–Trinajstić information content (AvgIpc) is 2.96. The van der Waals surface area contributed by atoms with E-state index < -0.39 is 0 Å². The molecule has 1 fully saturated rings. The molecule has 1 heterocycles. The van der Waals surface area contributed by atoms with Gasteiger partial charge >= 0.3 is 0 Å². The van der Waals surface area contributed by atoms with Gasteiger partial charge in [-0.1, -0.05) is 30.0 Å². The van der Waals surface area contributed by atoms with Crippen molar-refractivity contribution in [3.8, 4) is 11.5 Å². The predicted molar refractivity (Wildman–Crippen MR) is 113 cm³/mol. The number of thioether (sulfide) groups is 1. The van der Waals surface area contributed by atoms with Crippen LogP contribution in [-0.4, -0.2) is 71.5 Å². The highest BCUT2D eigenvalue weighted by atomic mass is 32.2. The molecule has 1 saturated heterocycles. The van der Waals surface area contributed by atoms with Crippen molar-refractivity contribution in [1.82, 2.24) is 9.80 Å². The van der Waals surface area contributed by atoms with E-state index in [1.54, 1.807) is 37.3 Å². The standard InChI is InChI=1S/C19H24N2O5S2/c1-4-20(9-10-22)17(23)7-8-21-18(24)16(28-19(21)27)12-13-5-6-14(25-2)15(11-13)26-3/h5-6,11-12,22H,4,7-10H2,1-3H3/b16-12-. The largest absolute Gasteiger partial charge is 0.493 e. The Labute approximate surface area is 174 Å². The molecule has 0 bridgehead atoms. The van der Waals surface area contributed by atoms with Gasteiger partial charge in [-0.3, -0.25) is 14.5 Å². The Balaban J connectivity index is 2.08. The first kappa shape index (κ1) is 22.2. The number of thiocarbonyl (C=S) groups is 1. The highest BCUT2D eigenvalue weighted by Crippen LogP contribution is 2.34. The number of aliphatic hydroxyl groups excluding tert-OH is 1. The third-order valence-electron chi connectivity index (χ3n) is 4.23. The molecule has 1 aliphatic rings. The molecule has 1 aromatic rings. The Morgan fingerprint density at radius 3 is 2.64 bits per heavy atom. The summed E-state index contributed by atoms with van der Waals surface area (Å²) < 4.78 is 10.9. The fraction of sp³-hybridized carbons (Fsp3) is 0.421. The molecule has 0 aliphatic carbocycles. The third-order valence-corrected chi connectivity index (χ3v) is 5.61. The number of carbonyl (C=O) groups excluding carboxylic acids is 2. The maximum absolute atomic E-state index is 12.7. The van der Waals surface area contributed by atoms with Gasteiger partial charge in [0, 0.05) is 26.1 Å². The van der Waals surface area contributed by atoms with E-state index in [0.29, 0.717) is 27.3 Å². The first-order valence-corrected chi connectivity index (χ1v) is 10.0. The van der Waals surface area contributed by atoms with Crippen molar-refractivity contribution in [3.63, 3.8) is 0 Å². The van der Waals surface area contributed by atoms with Crippen LogP contribution in [0, 0.1) is 0 Å². The van der Waals surface area contributed by atoms with Crippen molar-refractivity contribution in [1.29, 1.82) is 0 Å². The first-order valence-electron chi connectivity index (χ1n) is 8.81. The van der Waals surface area contributed by atoms with Crippen molar-refractivity contribution in [2.24, 2.45) is 0 Å². The summed E-state index contributed by atoms with van der Waals surface area (Å²) in [5, 5.41) is 9.02. The van der Waals surface area contributed by atoms with E-state index in [1.807, 2.05) is 13.0 Å². The van der Waals surface area contributed by atoms with Gasteiger partial charge in [-0.2, -0.15) is 0 Å². The maximum atomic E-state index is 12.7. The van der Waals surface area contributed by atoms with Gasteiger partial charge in [-0.15, -0.1) is 0 Å². The zero-order valence-corrected chi connectivity index (χ0v) is 17.8. The van der Waals surface area contributed by atoms with Gasteiger partial charge in [-0.25, -0.2) is 0 Å². The van der Waals surface area contributed by atoms with Crippen molar-refractivity contribution in [2.75, 3.05) is 40.5 Å². The molecule has 0 radical (unpaired) electrons. The van der Waals surface area contributed by atoms with Crippen molar-refractivity contribution in [2.45, 2.75) is 13.3 Å². The van der Waals surface area contributed by atoms with Crippen LogP contribution in [0.25, 0.3) is 6.08 Å². The van der Waals surface area contributed by atoms with E-state index in [-0.39, 0.29) is 37.9 Å². The summed E-state index contributed by atoms with van der Waals surface area (Å²) in [5.41, 5.74) is 0.786. The number of hydrogen-bond acceptors (Lipinski definition) is 7. The Bertz CT molecular complexity index is 782. The minimum atomic E-state index is -0.220. The maximum Gasteiger partial charge on any atom is 0.266 e. The third kappa shape index (κ3) is 5.24. The van der Waals surface area contributed by atoms with E-state index in [9.17, 15) is 9.59 Å². The predicted octanol–water partition coefficient (Wildman–Crippen LogP) is 2.14. The van der Waals surface area contributed by atoms with E-state index in [4.69, 9.17) is 26.8 Å². The number of nitrogens with zero attached hydrogens (tertiary/aromatic N) is 2. The molecule has 1 N–H and O–H groups in total. The Hall–Kier alpha value is -2.10. The Morgan fingerprint density at radius 1 is 1.32 bits per heavy atom. The molecular formula is C19H24N2O5S2. The van der Waals surface area contributed by atoms with Gasteiger partial charge in [0.15, 0.2) is 11.5 Å². The minimum absolute atomic E-state index is 0.0886. The normalized spacial score (nSPS) is 15.3. The van der Waals surface area contributed by atoms with Crippen molar-refractivity contribution >= 4 is 46.2 Å². The van der Waals surface area contributed by atoms with E-state index in [1.165, 1.54) is 16.7 Å². The topological polar surface area (TPSA) is 79.3 Å².